The number of hydrogen-bond acceptors (Lipinski definition) is 4. The van der Waals surface area contributed by atoms with Gasteiger partial charge in [0.25, 0.3) is 0 Å². The van der Waals surface area contributed by atoms with Gasteiger partial charge in [-0.15, -0.1) is 0 Å². The Labute approximate surface area is 244 Å². The number of halogens is 1. The highest BCUT2D eigenvalue weighted by atomic mass is 35.5. The quantitative estimate of drug-likeness (QED) is 0.219. The number of rotatable bonds is 4. The maximum Gasteiger partial charge on any atom is 0.165 e. The first kappa shape index (κ1) is 26.3. The minimum atomic E-state index is 0.575. The molecule has 0 N–H and O–H groups in total. The summed E-state index contributed by atoms with van der Waals surface area (Å²) < 4.78 is 0. The van der Waals surface area contributed by atoms with E-state index >= 15 is 0 Å². The second-order valence-electron chi connectivity index (χ2n) is 9.37. The minimum absolute atomic E-state index is 0.575. The van der Waals surface area contributed by atoms with Gasteiger partial charge in [0.1, 0.15) is 0 Å². The normalized spacial score (nSPS) is 10.8. The number of aromatic nitrogens is 4. The van der Waals surface area contributed by atoms with Crippen molar-refractivity contribution in [2.24, 2.45) is 0 Å². The van der Waals surface area contributed by atoms with Crippen molar-refractivity contribution in [3.8, 4) is 45.4 Å². The van der Waals surface area contributed by atoms with Crippen molar-refractivity contribution >= 4 is 33.1 Å². The Morgan fingerprint density at radius 2 is 0.878 bits per heavy atom. The molecule has 5 heteroatoms. The number of hydrogen-bond donors (Lipinski definition) is 0. The third-order valence-corrected chi connectivity index (χ3v) is 7.06. The van der Waals surface area contributed by atoms with Crippen LogP contribution < -0.4 is 0 Å². The summed E-state index contributed by atoms with van der Waals surface area (Å²) in [5, 5.41) is 5.32. The van der Waals surface area contributed by atoms with E-state index in [-0.39, 0.29) is 0 Å². The zero-order valence-electron chi connectivity index (χ0n) is 22.8. The molecule has 0 fully saturated rings. The molecule has 0 saturated carbocycles. The van der Waals surface area contributed by atoms with E-state index in [1.807, 2.05) is 80.7 Å². The van der Waals surface area contributed by atoms with Gasteiger partial charge < -0.3 is 0 Å². The molecule has 0 amide bonds. The summed E-state index contributed by atoms with van der Waals surface area (Å²) in [6.45, 7) is 4.00. The molecule has 5 aromatic carbocycles. The smallest absolute Gasteiger partial charge is 0.165 e. The number of pyridine rings is 1. The van der Waals surface area contributed by atoms with Crippen LogP contribution in [0.2, 0.25) is 5.02 Å². The molecular formula is C36H27ClN4. The lowest BCUT2D eigenvalue weighted by Gasteiger charge is -2.10. The highest BCUT2D eigenvalue weighted by Gasteiger charge is 2.14. The molecule has 0 radical (unpaired) electrons. The molecule has 0 aliphatic carbocycles. The van der Waals surface area contributed by atoms with Crippen LogP contribution in [0, 0.1) is 0 Å². The Hall–Kier alpha value is -4.93. The molecule has 0 unspecified atom stereocenters. The summed E-state index contributed by atoms with van der Waals surface area (Å²) in [5.41, 5.74) is 4.54. The Kier molecular flexibility index (Phi) is 7.48. The molecule has 41 heavy (non-hydrogen) atoms. The molecule has 7 rings (SSSR count). The van der Waals surface area contributed by atoms with Gasteiger partial charge >= 0.3 is 0 Å². The SMILES string of the molecule is CC.Clc1ccc(-c2ccc(-c3nc(-c4ccc5ccccc5c4)nc(-c4ccc5ccccc5c4)n3)cn2)cc1. The number of benzene rings is 5. The topological polar surface area (TPSA) is 51.6 Å². The van der Waals surface area contributed by atoms with E-state index in [0.717, 1.165) is 38.7 Å². The van der Waals surface area contributed by atoms with Gasteiger partial charge in [0, 0.05) is 33.5 Å². The van der Waals surface area contributed by atoms with Crippen molar-refractivity contribution in [1.29, 1.82) is 0 Å². The maximum atomic E-state index is 6.06. The van der Waals surface area contributed by atoms with Gasteiger partial charge in [-0.05, 0) is 57.9 Å². The minimum Gasteiger partial charge on any atom is -0.255 e. The van der Waals surface area contributed by atoms with E-state index in [9.17, 15) is 0 Å². The Morgan fingerprint density at radius 1 is 0.439 bits per heavy atom. The van der Waals surface area contributed by atoms with E-state index in [4.69, 9.17) is 31.5 Å². The van der Waals surface area contributed by atoms with Crippen LogP contribution >= 0.6 is 11.6 Å². The lowest BCUT2D eigenvalue weighted by atomic mass is 10.1. The van der Waals surface area contributed by atoms with Crippen LogP contribution in [0.5, 0.6) is 0 Å². The van der Waals surface area contributed by atoms with Crippen LogP contribution in [-0.4, -0.2) is 19.9 Å². The molecule has 4 nitrogen and oxygen atoms in total. The standard InChI is InChI=1S/C34H21ClN4.C2H6/c35-30-16-13-24(14-17-30)31-18-15-29(21-36-31)34-38-32(27-11-9-22-5-1-3-7-25(22)19-27)37-33(39-34)28-12-10-23-6-2-4-8-26(23)20-28;1-2/h1-21H;1-2H3. The lowest BCUT2D eigenvalue weighted by molar-refractivity contribution is 1.07. The fourth-order valence-electron chi connectivity index (χ4n) is 4.74. The van der Waals surface area contributed by atoms with Crippen molar-refractivity contribution in [2.45, 2.75) is 13.8 Å². The zero-order chi connectivity index (χ0) is 28.2. The predicted molar refractivity (Wildman–Crippen MR) is 171 cm³/mol. The molecule has 0 atom stereocenters. The zero-order valence-corrected chi connectivity index (χ0v) is 23.5. The van der Waals surface area contributed by atoms with E-state index in [1.165, 1.54) is 10.8 Å². The first-order valence-corrected chi connectivity index (χ1v) is 14.0. The van der Waals surface area contributed by atoms with Crippen molar-refractivity contribution in [1.82, 2.24) is 19.9 Å². The van der Waals surface area contributed by atoms with Gasteiger partial charge in [0.05, 0.1) is 5.69 Å². The fraction of sp³-hybridized carbons (Fsp3) is 0.0556. The molecule has 2 heterocycles. The summed E-state index contributed by atoms with van der Waals surface area (Å²) in [4.78, 5) is 19.4. The van der Waals surface area contributed by atoms with Gasteiger partial charge in [0.2, 0.25) is 0 Å². The van der Waals surface area contributed by atoms with Crippen molar-refractivity contribution in [2.75, 3.05) is 0 Å². The fourth-order valence-corrected chi connectivity index (χ4v) is 4.86. The van der Waals surface area contributed by atoms with E-state index in [2.05, 4.69) is 60.7 Å². The van der Waals surface area contributed by atoms with Crippen LogP contribution in [0.25, 0.3) is 67.0 Å². The molecule has 7 aromatic rings. The third kappa shape index (κ3) is 5.56. The van der Waals surface area contributed by atoms with Crippen LogP contribution in [0.3, 0.4) is 0 Å². The molecular weight excluding hydrogens is 524 g/mol. The second kappa shape index (κ2) is 11.7. The van der Waals surface area contributed by atoms with Gasteiger partial charge in [-0.1, -0.05) is 110 Å². The monoisotopic (exact) mass is 550 g/mol. The Balaban J connectivity index is 0.00000148. The maximum absolute atomic E-state index is 6.06. The average molecular weight is 551 g/mol. The first-order valence-electron chi connectivity index (χ1n) is 13.7. The summed E-state index contributed by atoms with van der Waals surface area (Å²) >= 11 is 6.06. The Morgan fingerprint density at radius 3 is 1.37 bits per heavy atom. The number of nitrogens with zero attached hydrogens (tertiary/aromatic N) is 4. The summed E-state index contributed by atoms with van der Waals surface area (Å²) in [5.74, 6) is 1.82. The van der Waals surface area contributed by atoms with Gasteiger partial charge in [-0.3, -0.25) is 4.98 Å². The van der Waals surface area contributed by atoms with Gasteiger partial charge in [-0.2, -0.15) is 0 Å². The highest BCUT2D eigenvalue weighted by Crippen LogP contribution is 2.29. The molecule has 0 bridgehead atoms. The summed E-state index contributed by atoms with van der Waals surface area (Å²) in [6.07, 6.45) is 1.81. The predicted octanol–water partition coefficient (Wildman–Crippen LogP) is 9.92. The lowest BCUT2D eigenvalue weighted by Crippen LogP contribution is -2.00. The molecule has 0 saturated heterocycles. The van der Waals surface area contributed by atoms with E-state index in [1.54, 1.807) is 0 Å². The van der Waals surface area contributed by atoms with Crippen molar-refractivity contribution in [3.63, 3.8) is 0 Å². The van der Waals surface area contributed by atoms with Crippen LogP contribution in [0.4, 0.5) is 0 Å². The summed E-state index contributed by atoms with van der Waals surface area (Å²) in [6, 6.07) is 40.8. The van der Waals surface area contributed by atoms with Crippen molar-refractivity contribution in [3.05, 3.63) is 133 Å². The number of fused-ring (bicyclic) bond motifs is 2. The Bertz CT molecular complexity index is 1870. The van der Waals surface area contributed by atoms with Gasteiger partial charge in [0.15, 0.2) is 17.5 Å². The average Bonchev–Trinajstić information content (AvgIpc) is 3.05. The molecule has 0 aliphatic heterocycles. The highest BCUT2D eigenvalue weighted by molar-refractivity contribution is 6.30. The molecule has 0 spiro atoms. The largest absolute Gasteiger partial charge is 0.255 e. The van der Waals surface area contributed by atoms with E-state index < -0.39 is 0 Å². The molecule has 2 aromatic heterocycles. The van der Waals surface area contributed by atoms with Crippen LogP contribution in [-0.2, 0) is 0 Å². The summed E-state index contributed by atoms with van der Waals surface area (Å²) in [7, 11) is 0. The first-order chi connectivity index (χ1) is 20.2. The van der Waals surface area contributed by atoms with Crippen LogP contribution in [0.1, 0.15) is 13.8 Å². The second-order valence-corrected chi connectivity index (χ2v) is 9.81. The van der Waals surface area contributed by atoms with E-state index in [0.29, 0.717) is 22.5 Å². The third-order valence-electron chi connectivity index (χ3n) is 6.81. The molecule has 0 aliphatic rings. The van der Waals surface area contributed by atoms with Crippen molar-refractivity contribution < 1.29 is 0 Å². The van der Waals surface area contributed by atoms with Gasteiger partial charge in [-0.25, -0.2) is 15.0 Å². The van der Waals surface area contributed by atoms with Crippen LogP contribution in [0.15, 0.2) is 128 Å². The molecule has 198 valence electrons.